The molecule has 0 radical (unpaired) electrons. The molecule has 0 aliphatic rings. The van der Waals surface area contributed by atoms with Crippen LogP contribution in [-0.4, -0.2) is 34.5 Å². The molecule has 0 amide bonds. The Morgan fingerprint density at radius 2 is 1.82 bits per heavy atom. The highest BCUT2D eigenvalue weighted by atomic mass is 16.6. The van der Waals surface area contributed by atoms with Crippen molar-refractivity contribution in [2.45, 2.75) is 38.8 Å². The van der Waals surface area contributed by atoms with Gasteiger partial charge in [0.15, 0.2) is 12.6 Å². The second kappa shape index (κ2) is 6.54. The Balaban J connectivity index is 3.10. The van der Waals surface area contributed by atoms with Crippen molar-refractivity contribution < 1.29 is 20.1 Å². The van der Waals surface area contributed by atoms with Gasteiger partial charge in [0.25, 0.3) is 0 Å². The Hall–Kier alpha value is -0.160. The second-order valence-electron chi connectivity index (χ2n) is 2.32. The van der Waals surface area contributed by atoms with Crippen LogP contribution < -0.4 is 0 Å². The molecule has 11 heavy (non-hydrogen) atoms. The number of aliphatic hydroxyl groups is 3. The summed E-state index contributed by atoms with van der Waals surface area (Å²) in [5.74, 6) is 0. The first kappa shape index (κ1) is 10.8. The van der Waals surface area contributed by atoms with Crippen molar-refractivity contribution in [1.29, 1.82) is 0 Å². The van der Waals surface area contributed by atoms with Crippen molar-refractivity contribution in [3.05, 3.63) is 0 Å². The van der Waals surface area contributed by atoms with E-state index in [1.807, 2.05) is 0 Å². The Morgan fingerprint density at radius 3 is 2.27 bits per heavy atom. The highest BCUT2D eigenvalue weighted by Gasteiger charge is 2.03. The zero-order valence-corrected chi connectivity index (χ0v) is 6.73. The number of rotatable bonds is 6. The monoisotopic (exact) mass is 164 g/mol. The third kappa shape index (κ3) is 7.74. The van der Waals surface area contributed by atoms with Crippen LogP contribution in [0.3, 0.4) is 0 Å². The molecule has 0 aliphatic carbocycles. The summed E-state index contributed by atoms with van der Waals surface area (Å²) < 4.78 is 4.82. The smallest absolute Gasteiger partial charge is 0.154 e. The summed E-state index contributed by atoms with van der Waals surface area (Å²) in [6.45, 7) is 2.27. The van der Waals surface area contributed by atoms with Gasteiger partial charge in [-0.1, -0.05) is 0 Å². The zero-order valence-electron chi connectivity index (χ0n) is 6.73. The molecule has 0 saturated heterocycles. The van der Waals surface area contributed by atoms with Crippen LogP contribution in [0.25, 0.3) is 0 Å². The van der Waals surface area contributed by atoms with Gasteiger partial charge in [-0.05, 0) is 26.2 Å². The maximum atomic E-state index is 8.98. The van der Waals surface area contributed by atoms with Crippen molar-refractivity contribution in [2.24, 2.45) is 0 Å². The lowest BCUT2D eigenvalue weighted by molar-refractivity contribution is -0.105. The summed E-state index contributed by atoms with van der Waals surface area (Å²) in [4.78, 5) is 0. The van der Waals surface area contributed by atoms with Gasteiger partial charge >= 0.3 is 0 Å². The lowest BCUT2D eigenvalue weighted by atomic mass is 10.2. The normalized spacial score (nSPS) is 13.9. The van der Waals surface area contributed by atoms with Crippen molar-refractivity contribution in [3.63, 3.8) is 0 Å². The van der Waals surface area contributed by atoms with Crippen LogP contribution in [0.5, 0.6) is 0 Å². The van der Waals surface area contributed by atoms with Crippen LogP contribution in [-0.2, 0) is 4.74 Å². The number of hydrogen-bond donors (Lipinski definition) is 3. The molecule has 0 heterocycles. The van der Waals surface area contributed by atoms with Crippen molar-refractivity contribution in [2.75, 3.05) is 6.61 Å². The van der Waals surface area contributed by atoms with Gasteiger partial charge in [0.1, 0.15) is 0 Å². The summed E-state index contributed by atoms with van der Waals surface area (Å²) in [5, 5.41) is 25.8. The molecule has 0 aliphatic heterocycles. The summed E-state index contributed by atoms with van der Waals surface area (Å²) in [6, 6.07) is 0. The first-order valence-corrected chi connectivity index (χ1v) is 3.82. The van der Waals surface area contributed by atoms with Crippen molar-refractivity contribution in [3.8, 4) is 0 Å². The van der Waals surface area contributed by atoms with Gasteiger partial charge in [-0.2, -0.15) is 0 Å². The molecule has 68 valence electrons. The Morgan fingerprint density at radius 1 is 1.18 bits per heavy atom. The quantitative estimate of drug-likeness (QED) is 0.476. The molecule has 4 heteroatoms. The molecule has 0 spiro atoms. The summed E-state index contributed by atoms with van der Waals surface area (Å²) in [6.07, 6.45) is -0.753. The lowest BCUT2D eigenvalue weighted by Crippen LogP contribution is -2.13. The van der Waals surface area contributed by atoms with E-state index in [2.05, 4.69) is 0 Å². The Labute approximate surface area is 66.4 Å². The van der Waals surface area contributed by atoms with Gasteiger partial charge in [0.2, 0.25) is 0 Å². The average molecular weight is 164 g/mol. The zero-order chi connectivity index (χ0) is 8.69. The highest BCUT2D eigenvalue weighted by Crippen LogP contribution is 2.03. The van der Waals surface area contributed by atoms with Crippen LogP contribution >= 0.6 is 0 Å². The van der Waals surface area contributed by atoms with E-state index in [0.29, 0.717) is 19.4 Å². The van der Waals surface area contributed by atoms with Crippen molar-refractivity contribution >= 4 is 0 Å². The third-order valence-electron chi connectivity index (χ3n) is 1.27. The fraction of sp³-hybridized carbons (Fsp3) is 1.00. The van der Waals surface area contributed by atoms with Crippen molar-refractivity contribution in [1.82, 2.24) is 0 Å². The molecule has 4 nitrogen and oxygen atoms in total. The fourth-order valence-electron chi connectivity index (χ4n) is 0.751. The minimum Gasteiger partial charge on any atom is -0.368 e. The third-order valence-corrected chi connectivity index (χ3v) is 1.27. The largest absolute Gasteiger partial charge is 0.368 e. The maximum Gasteiger partial charge on any atom is 0.154 e. The minimum atomic E-state index is -1.27. The SMILES string of the molecule is CCOC(O)CCCC(O)O. The van der Waals surface area contributed by atoms with E-state index in [0.717, 1.165) is 0 Å². The molecule has 1 unspecified atom stereocenters. The van der Waals surface area contributed by atoms with Gasteiger partial charge in [0.05, 0.1) is 0 Å². The summed E-state index contributed by atoms with van der Waals surface area (Å²) in [5.41, 5.74) is 0. The maximum absolute atomic E-state index is 8.98. The lowest BCUT2D eigenvalue weighted by Gasteiger charge is -2.09. The standard InChI is InChI=1S/C7H16O4/c1-2-11-7(10)5-3-4-6(8)9/h6-10H,2-5H2,1H3. The topological polar surface area (TPSA) is 69.9 Å². The molecular weight excluding hydrogens is 148 g/mol. The minimum absolute atomic E-state index is 0.282. The first-order chi connectivity index (χ1) is 5.16. The number of hydrogen-bond acceptors (Lipinski definition) is 4. The number of ether oxygens (including phenoxy) is 1. The van der Waals surface area contributed by atoms with Crippen LogP contribution in [0.4, 0.5) is 0 Å². The summed E-state index contributed by atoms with van der Waals surface area (Å²) >= 11 is 0. The van der Waals surface area contributed by atoms with E-state index < -0.39 is 12.6 Å². The molecule has 0 aromatic heterocycles. The van der Waals surface area contributed by atoms with Crippen LogP contribution in [0.15, 0.2) is 0 Å². The molecule has 0 bridgehead atoms. The van der Waals surface area contributed by atoms with E-state index in [1.165, 1.54) is 0 Å². The van der Waals surface area contributed by atoms with Gasteiger partial charge in [-0.25, -0.2) is 0 Å². The van der Waals surface area contributed by atoms with Crippen LogP contribution in [0.1, 0.15) is 26.2 Å². The van der Waals surface area contributed by atoms with E-state index in [4.69, 9.17) is 20.1 Å². The molecule has 0 aromatic rings. The van der Waals surface area contributed by atoms with Gasteiger partial charge in [-0.15, -0.1) is 0 Å². The molecule has 3 N–H and O–H groups in total. The predicted molar refractivity (Wildman–Crippen MR) is 39.7 cm³/mol. The predicted octanol–water partition coefficient (Wildman–Crippen LogP) is -0.178. The van der Waals surface area contributed by atoms with Gasteiger partial charge < -0.3 is 20.1 Å². The van der Waals surface area contributed by atoms with E-state index in [-0.39, 0.29) is 6.42 Å². The average Bonchev–Trinajstić information content (AvgIpc) is 1.87. The van der Waals surface area contributed by atoms with Gasteiger partial charge in [0, 0.05) is 6.61 Å². The fourth-order valence-corrected chi connectivity index (χ4v) is 0.751. The molecular formula is C7H16O4. The molecule has 0 fully saturated rings. The first-order valence-electron chi connectivity index (χ1n) is 3.82. The van der Waals surface area contributed by atoms with Crippen LogP contribution in [0.2, 0.25) is 0 Å². The van der Waals surface area contributed by atoms with Crippen LogP contribution in [0, 0.1) is 0 Å². The van der Waals surface area contributed by atoms with E-state index in [1.54, 1.807) is 6.92 Å². The highest BCUT2D eigenvalue weighted by molar-refractivity contribution is 4.45. The second-order valence-corrected chi connectivity index (χ2v) is 2.32. The van der Waals surface area contributed by atoms with Gasteiger partial charge in [-0.3, -0.25) is 0 Å². The Bertz CT molecular complexity index is 84.5. The molecule has 0 saturated carbocycles. The molecule has 1 atom stereocenters. The molecule has 0 rings (SSSR count). The Kier molecular flexibility index (Phi) is 6.45. The molecule has 0 aromatic carbocycles. The summed E-state index contributed by atoms with van der Waals surface area (Å²) in [7, 11) is 0. The van der Waals surface area contributed by atoms with E-state index in [9.17, 15) is 0 Å². The van der Waals surface area contributed by atoms with E-state index >= 15 is 0 Å². The number of aliphatic hydroxyl groups excluding tert-OH is 2.